The van der Waals surface area contributed by atoms with Gasteiger partial charge in [0.1, 0.15) is 6.04 Å². The molecule has 2 aromatic heterocycles. The Kier molecular flexibility index (Phi) is 3.39. The van der Waals surface area contributed by atoms with Crippen LogP contribution in [-0.4, -0.2) is 17.2 Å². The maximum absolute atomic E-state index is 5.76. The van der Waals surface area contributed by atoms with Gasteiger partial charge in [0.15, 0.2) is 0 Å². The third-order valence-corrected chi connectivity index (χ3v) is 3.70. The fourth-order valence-electron chi connectivity index (χ4n) is 1.93. The molecule has 3 aromatic rings. The van der Waals surface area contributed by atoms with E-state index in [1.165, 1.54) is 0 Å². The molecular weight excluding hydrogens is 258 g/mol. The molecule has 0 saturated heterocycles. The topological polar surface area (TPSA) is 51.0 Å². The van der Waals surface area contributed by atoms with Crippen molar-refractivity contribution in [2.75, 3.05) is 7.05 Å². The van der Waals surface area contributed by atoms with Crippen molar-refractivity contribution in [2.24, 2.45) is 0 Å². The summed E-state index contributed by atoms with van der Waals surface area (Å²) in [7, 11) is 1.88. The first-order chi connectivity index (χ1) is 9.38. The van der Waals surface area contributed by atoms with Crippen molar-refractivity contribution in [3.63, 3.8) is 0 Å². The van der Waals surface area contributed by atoms with Gasteiger partial charge in [0.05, 0.1) is 4.88 Å². The molecule has 4 nitrogen and oxygen atoms in total. The smallest absolute Gasteiger partial charge is 0.257 e. The molecule has 96 valence electrons. The molecule has 2 heterocycles. The second-order valence-electron chi connectivity index (χ2n) is 4.06. The van der Waals surface area contributed by atoms with Gasteiger partial charge < -0.3 is 9.73 Å². The molecule has 0 fully saturated rings. The lowest BCUT2D eigenvalue weighted by atomic mass is 10.1. The molecular formula is C14H13N3OS. The van der Waals surface area contributed by atoms with E-state index in [2.05, 4.69) is 15.5 Å². The lowest BCUT2D eigenvalue weighted by Gasteiger charge is -2.11. The van der Waals surface area contributed by atoms with E-state index in [9.17, 15) is 0 Å². The average Bonchev–Trinajstić information content (AvgIpc) is 3.11. The van der Waals surface area contributed by atoms with Crippen LogP contribution in [0.2, 0.25) is 0 Å². The number of nitrogens with one attached hydrogen (secondary N) is 1. The third kappa shape index (κ3) is 2.43. The van der Waals surface area contributed by atoms with Crippen LogP contribution in [0.15, 0.2) is 52.3 Å². The predicted molar refractivity (Wildman–Crippen MR) is 75.0 cm³/mol. The molecule has 0 spiro atoms. The van der Waals surface area contributed by atoms with Crippen LogP contribution < -0.4 is 5.32 Å². The van der Waals surface area contributed by atoms with Crippen LogP contribution in [0.1, 0.15) is 17.5 Å². The van der Waals surface area contributed by atoms with Gasteiger partial charge in [0, 0.05) is 0 Å². The van der Waals surface area contributed by atoms with Gasteiger partial charge in [-0.1, -0.05) is 36.4 Å². The zero-order chi connectivity index (χ0) is 13.1. The molecule has 0 aliphatic heterocycles. The minimum Gasteiger partial charge on any atom is -0.418 e. The Hall–Kier alpha value is -1.98. The summed E-state index contributed by atoms with van der Waals surface area (Å²) < 4.78 is 5.76. The van der Waals surface area contributed by atoms with Crippen molar-refractivity contribution >= 4 is 11.3 Å². The fraction of sp³-hybridized carbons (Fsp3) is 0.143. The minimum absolute atomic E-state index is 0.0811. The minimum atomic E-state index is -0.0811. The van der Waals surface area contributed by atoms with Crippen molar-refractivity contribution in [2.45, 2.75) is 6.04 Å². The zero-order valence-electron chi connectivity index (χ0n) is 10.4. The molecule has 1 atom stereocenters. The van der Waals surface area contributed by atoms with Crippen LogP contribution in [-0.2, 0) is 0 Å². The number of thiophene rings is 1. The fourth-order valence-corrected chi connectivity index (χ4v) is 2.57. The Bertz CT molecular complexity index is 634. The molecule has 1 N–H and O–H groups in total. The number of rotatable bonds is 4. The molecule has 5 heteroatoms. The van der Waals surface area contributed by atoms with E-state index in [1.807, 2.05) is 54.9 Å². The molecule has 0 aliphatic rings. The Morgan fingerprint density at radius 2 is 1.95 bits per heavy atom. The first-order valence-electron chi connectivity index (χ1n) is 5.98. The summed E-state index contributed by atoms with van der Waals surface area (Å²) in [5.74, 6) is 1.15. The molecule has 1 unspecified atom stereocenters. The largest absolute Gasteiger partial charge is 0.418 e. The SMILES string of the molecule is CNC(c1ccccc1)c1nnc(-c2cccs2)o1. The second-order valence-corrected chi connectivity index (χ2v) is 5.00. The van der Waals surface area contributed by atoms with Crippen molar-refractivity contribution in [3.8, 4) is 10.8 Å². The number of hydrogen-bond donors (Lipinski definition) is 1. The van der Waals surface area contributed by atoms with Crippen LogP contribution in [0.4, 0.5) is 0 Å². The van der Waals surface area contributed by atoms with Crippen molar-refractivity contribution in [1.29, 1.82) is 0 Å². The number of aromatic nitrogens is 2. The maximum Gasteiger partial charge on any atom is 0.257 e. The zero-order valence-corrected chi connectivity index (χ0v) is 11.2. The lowest BCUT2D eigenvalue weighted by Crippen LogP contribution is -2.17. The van der Waals surface area contributed by atoms with E-state index in [-0.39, 0.29) is 6.04 Å². The van der Waals surface area contributed by atoms with Gasteiger partial charge in [-0.15, -0.1) is 21.5 Å². The predicted octanol–water partition coefficient (Wildman–Crippen LogP) is 3.11. The Morgan fingerprint density at radius 3 is 2.63 bits per heavy atom. The van der Waals surface area contributed by atoms with Crippen molar-refractivity contribution < 1.29 is 4.42 Å². The summed E-state index contributed by atoms with van der Waals surface area (Å²) in [6.45, 7) is 0. The molecule has 1 aromatic carbocycles. The van der Waals surface area contributed by atoms with Gasteiger partial charge in [0.2, 0.25) is 5.89 Å². The quantitative estimate of drug-likeness (QED) is 0.792. The van der Waals surface area contributed by atoms with Gasteiger partial charge >= 0.3 is 0 Å². The highest BCUT2D eigenvalue weighted by atomic mass is 32.1. The standard InChI is InChI=1S/C14H13N3OS/c1-15-12(10-6-3-2-4-7-10)14-17-16-13(18-14)11-8-5-9-19-11/h2-9,12,15H,1H3. The van der Waals surface area contributed by atoms with Crippen LogP contribution in [0.3, 0.4) is 0 Å². The van der Waals surface area contributed by atoms with Crippen LogP contribution in [0.25, 0.3) is 10.8 Å². The van der Waals surface area contributed by atoms with Crippen LogP contribution >= 0.6 is 11.3 Å². The molecule has 3 rings (SSSR count). The highest BCUT2D eigenvalue weighted by Gasteiger charge is 2.19. The van der Waals surface area contributed by atoms with E-state index in [4.69, 9.17) is 4.42 Å². The van der Waals surface area contributed by atoms with Crippen LogP contribution in [0.5, 0.6) is 0 Å². The molecule has 0 bridgehead atoms. The molecule has 0 amide bonds. The summed E-state index contributed by atoms with van der Waals surface area (Å²) in [6, 6.07) is 13.9. The first kappa shape index (κ1) is 12.1. The lowest BCUT2D eigenvalue weighted by molar-refractivity contribution is 0.456. The summed E-state index contributed by atoms with van der Waals surface area (Å²) >= 11 is 1.59. The summed E-state index contributed by atoms with van der Waals surface area (Å²) in [6.07, 6.45) is 0. The number of nitrogens with zero attached hydrogens (tertiary/aromatic N) is 2. The molecule has 0 saturated carbocycles. The Labute approximate surface area is 115 Å². The van der Waals surface area contributed by atoms with Gasteiger partial charge in [-0.05, 0) is 24.1 Å². The van der Waals surface area contributed by atoms with Gasteiger partial charge in [0.25, 0.3) is 5.89 Å². The van der Waals surface area contributed by atoms with Gasteiger partial charge in [-0.25, -0.2) is 0 Å². The summed E-state index contributed by atoms with van der Waals surface area (Å²) in [5, 5.41) is 13.4. The van der Waals surface area contributed by atoms with E-state index < -0.39 is 0 Å². The molecule has 0 radical (unpaired) electrons. The van der Waals surface area contributed by atoms with E-state index >= 15 is 0 Å². The van der Waals surface area contributed by atoms with E-state index in [1.54, 1.807) is 11.3 Å². The maximum atomic E-state index is 5.76. The second kappa shape index (κ2) is 5.34. The van der Waals surface area contributed by atoms with Gasteiger partial charge in [-0.2, -0.15) is 0 Å². The molecule has 0 aliphatic carbocycles. The number of hydrogen-bond acceptors (Lipinski definition) is 5. The normalized spacial score (nSPS) is 12.5. The number of benzene rings is 1. The Morgan fingerprint density at radius 1 is 1.11 bits per heavy atom. The van der Waals surface area contributed by atoms with Crippen LogP contribution in [0, 0.1) is 0 Å². The summed E-state index contributed by atoms with van der Waals surface area (Å²) in [4.78, 5) is 0.988. The Balaban J connectivity index is 1.93. The first-order valence-corrected chi connectivity index (χ1v) is 6.86. The average molecular weight is 271 g/mol. The monoisotopic (exact) mass is 271 g/mol. The van der Waals surface area contributed by atoms with E-state index in [0.717, 1.165) is 10.4 Å². The van der Waals surface area contributed by atoms with Gasteiger partial charge in [-0.3, -0.25) is 0 Å². The van der Waals surface area contributed by atoms with Crippen molar-refractivity contribution in [3.05, 3.63) is 59.3 Å². The third-order valence-electron chi connectivity index (χ3n) is 2.84. The van der Waals surface area contributed by atoms with Crippen molar-refractivity contribution in [1.82, 2.24) is 15.5 Å². The highest BCUT2D eigenvalue weighted by molar-refractivity contribution is 7.13. The highest BCUT2D eigenvalue weighted by Crippen LogP contribution is 2.27. The van der Waals surface area contributed by atoms with E-state index in [0.29, 0.717) is 11.8 Å². The summed E-state index contributed by atoms with van der Waals surface area (Å²) in [5.41, 5.74) is 1.10. The molecule has 19 heavy (non-hydrogen) atoms.